The van der Waals surface area contributed by atoms with Gasteiger partial charge in [-0.2, -0.15) is 0 Å². The Bertz CT molecular complexity index is 1020. The quantitative estimate of drug-likeness (QED) is 0.759. The molecular formula is C23H23F2N3O3. The number of piperidine rings is 1. The number of hydrogen-bond acceptors (Lipinski definition) is 3. The van der Waals surface area contributed by atoms with E-state index in [0.29, 0.717) is 18.4 Å². The summed E-state index contributed by atoms with van der Waals surface area (Å²) in [5, 5.41) is 2.56. The zero-order chi connectivity index (χ0) is 22.2. The number of urea groups is 1. The van der Waals surface area contributed by atoms with Crippen molar-refractivity contribution in [3.63, 3.8) is 0 Å². The Morgan fingerprint density at radius 1 is 1.06 bits per heavy atom. The van der Waals surface area contributed by atoms with E-state index in [0.717, 1.165) is 0 Å². The van der Waals surface area contributed by atoms with Crippen molar-refractivity contribution in [3.8, 4) is 0 Å². The van der Waals surface area contributed by atoms with Gasteiger partial charge in [0.1, 0.15) is 11.6 Å². The molecule has 0 saturated carbocycles. The molecule has 31 heavy (non-hydrogen) atoms. The Morgan fingerprint density at radius 2 is 1.71 bits per heavy atom. The molecule has 2 aliphatic rings. The van der Waals surface area contributed by atoms with E-state index < -0.39 is 29.0 Å². The fourth-order valence-corrected chi connectivity index (χ4v) is 4.67. The van der Waals surface area contributed by atoms with Crippen LogP contribution in [-0.4, -0.2) is 47.3 Å². The van der Waals surface area contributed by atoms with Crippen molar-refractivity contribution in [2.45, 2.75) is 25.7 Å². The first-order valence-corrected chi connectivity index (χ1v) is 10.3. The lowest BCUT2D eigenvalue weighted by atomic mass is 9.67. The molecule has 2 aromatic rings. The minimum absolute atomic E-state index is 0.0845. The maximum absolute atomic E-state index is 13.9. The summed E-state index contributed by atoms with van der Waals surface area (Å²) in [5.41, 5.74) is -0.291. The summed E-state index contributed by atoms with van der Waals surface area (Å²) in [7, 11) is 0. The van der Waals surface area contributed by atoms with E-state index in [9.17, 15) is 23.2 Å². The number of halogens is 2. The molecule has 1 unspecified atom stereocenters. The number of likely N-dealkylation sites (N-methyl/N-ethyl adjacent to an activating group) is 1. The standard InChI is InChI=1S/C23H23F2N3O3/c1-2-28-20(29)19(15-7-9-16(24)10-8-15)23(21(28)30)11-13-27(14-12-23)22(31)26-18-6-4-3-5-17(18)25/h3-10,19H,2,11-14H2,1H3,(H,26,31). The van der Waals surface area contributed by atoms with Gasteiger partial charge in [0.05, 0.1) is 17.0 Å². The van der Waals surface area contributed by atoms with E-state index in [1.165, 1.54) is 40.1 Å². The van der Waals surface area contributed by atoms with Gasteiger partial charge in [-0.25, -0.2) is 13.6 Å². The second kappa shape index (κ2) is 8.09. The zero-order valence-electron chi connectivity index (χ0n) is 17.1. The smallest absolute Gasteiger partial charge is 0.321 e. The Kier molecular flexibility index (Phi) is 5.47. The lowest BCUT2D eigenvalue weighted by Gasteiger charge is -2.40. The molecule has 0 radical (unpaired) electrons. The molecule has 0 aromatic heterocycles. The third kappa shape index (κ3) is 3.56. The summed E-state index contributed by atoms with van der Waals surface area (Å²) >= 11 is 0. The molecule has 4 amide bonds. The van der Waals surface area contributed by atoms with Gasteiger partial charge in [-0.05, 0) is 49.6 Å². The first kappa shape index (κ1) is 21.0. The number of likely N-dealkylation sites (tertiary alicyclic amines) is 2. The predicted molar refractivity (Wildman–Crippen MR) is 110 cm³/mol. The molecule has 0 bridgehead atoms. The Balaban J connectivity index is 1.56. The molecule has 1 atom stereocenters. The van der Waals surface area contributed by atoms with Crippen molar-refractivity contribution < 1.29 is 23.2 Å². The second-order valence-electron chi connectivity index (χ2n) is 7.93. The fourth-order valence-electron chi connectivity index (χ4n) is 4.67. The summed E-state index contributed by atoms with van der Waals surface area (Å²) in [6.07, 6.45) is 0.585. The molecule has 2 fully saturated rings. The van der Waals surface area contributed by atoms with Crippen molar-refractivity contribution in [1.29, 1.82) is 0 Å². The highest BCUT2D eigenvalue weighted by atomic mass is 19.1. The largest absolute Gasteiger partial charge is 0.324 e. The minimum Gasteiger partial charge on any atom is -0.324 e. The van der Waals surface area contributed by atoms with Crippen LogP contribution in [0.1, 0.15) is 31.2 Å². The number of nitrogens with one attached hydrogen (secondary N) is 1. The third-order valence-electron chi connectivity index (χ3n) is 6.31. The number of benzene rings is 2. The summed E-state index contributed by atoms with van der Waals surface area (Å²) in [4.78, 5) is 41.7. The van der Waals surface area contributed by atoms with Gasteiger partial charge in [0.2, 0.25) is 11.8 Å². The van der Waals surface area contributed by atoms with Crippen molar-refractivity contribution in [1.82, 2.24) is 9.80 Å². The number of amides is 4. The lowest BCUT2D eigenvalue weighted by molar-refractivity contribution is -0.142. The highest BCUT2D eigenvalue weighted by molar-refractivity contribution is 6.10. The SMILES string of the molecule is CCN1C(=O)C(c2ccc(F)cc2)C2(CCN(C(=O)Nc3ccccc3F)CC2)C1=O. The molecule has 1 spiro atoms. The van der Waals surface area contributed by atoms with Crippen LogP contribution in [-0.2, 0) is 9.59 Å². The van der Waals surface area contributed by atoms with E-state index >= 15 is 0 Å². The average Bonchev–Trinajstić information content (AvgIpc) is 2.97. The number of carbonyl (C=O) groups is 3. The monoisotopic (exact) mass is 427 g/mol. The zero-order valence-corrected chi connectivity index (χ0v) is 17.1. The molecule has 2 aliphatic heterocycles. The first-order chi connectivity index (χ1) is 14.9. The number of carbonyl (C=O) groups excluding carboxylic acids is 3. The third-order valence-corrected chi connectivity index (χ3v) is 6.31. The van der Waals surface area contributed by atoms with Crippen LogP contribution in [0.15, 0.2) is 48.5 Å². The van der Waals surface area contributed by atoms with Gasteiger partial charge in [0, 0.05) is 19.6 Å². The van der Waals surface area contributed by atoms with Crippen LogP contribution in [0.4, 0.5) is 19.3 Å². The van der Waals surface area contributed by atoms with E-state index in [1.54, 1.807) is 25.1 Å². The maximum Gasteiger partial charge on any atom is 0.321 e. The van der Waals surface area contributed by atoms with Crippen molar-refractivity contribution in [2.24, 2.45) is 5.41 Å². The lowest BCUT2D eigenvalue weighted by Crippen LogP contribution is -2.49. The van der Waals surface area contributed by atoms with Gasteiger partial charge < -0.3 is 10.2 Å². The molecule has 162 valence electrons. The average molecular weight is 427 g/mol. The van der Waals surface area contributed by atoms with Crippen LogP contribution in [0.2, 0.25) is 0 Å². The van der Waals surface area contributed by atoms with Crippen LogP contribution < -0.4 is 5.32 Å². The van der Waals surface area contributed by atoms with E-state index in [-0.39, 0.29) is 37.1 Å². The van der Waals surface area contributed by atoms with Crippen LogP contribution in [0, 0.1) is 17.0 Å². The minimum atomic E-state index is -0.973. The Labute approximate surface area is 178 Å². The second-order valence-corrected chi connectivity index (χ2v) is 7.93. The number of rotatable bonds is 3. The summed E-state index contributed by atoms with van der Waals surface area (Å²) < 4.78 is 27.3. The molecule has 6 nitrogen and oxygen atoms in total. The molecular weight excluding hydrogens is 404 g/mol. The van der Waals surface area contributed by atoms with Crippen LogP contribution in [0.5, 0.6) is 0 Å². The maximum atomic E-state index is 13.9. The molecule has 2 aromatic carbocycles. The van der Waals surface area contributed by atoms with E-state index in [1.807, 2.05) is 0 Å². The van der Waals surface area contributed by atoms with Gasteiger partial charge in [0.15, 0.2) is 0 Å². The van der Waals surface area contributed by atoms with Gasteiger partial charge >= 0.3 is 6.03 Å². The number of anilines is 1. The summed E-state index contributed by atoms with van der Waals surface area (Å²) in [6, 6.07) is 11.1. The molecule has 4 rings (SSSR count). The van der Waals surface area contributed by atoms with Gasteiger partial charge in [-0.15, -0.1) is 0 Å². The number of nitrogens with zero attached hydrogens (tertiary/aromatic N) is 2. The molecule has 0 aliphatic carbocycles. The molecule has 1 N–H and O–H groups in total. The van der Waals surface area contributed by atoms with Crippen molar-refractivity contribution in [3.05, 3.63) is 65.7 Å². The van der Waals surface area contributed by atoms with Crippen LogP contribution in [0.25, 0.3) is 0 Å². The molecule has 2 heterocycles. The number of hydrogen-bond donors (Lipinski definition) is 1. The van der Waals surface area contributed by atoms with Gasteiger partial charge in [0.25, 0.3) is 0 Å². The fraction of sp³-hybridized carbons (Fsp3) is 0.348. The number of imide groups is 1. The van der Waals surface area contributed by atoms with Crippen LogP contribution in [0.3, 0.4) is 0 Å². The topological polar surface area (TPSA) is 69.7 Å². The van der Waals surface area contributed by atoms with Crippen molar-refractivity contribution >= 4 is 23.5 Å². The van der Waals surface area contributed by atoms with Crippen LogP contribution >= 0.6 is 0 Å². The highest BCUT2D eigenvalue weighted by Gasteiger charge is 2.60. The summed E-state index contributed by atoms with van der Waals surface area (Å²) in [5.74, 6) is -2.19. The molecule has 8 heteroatoms. The van der Waals surface area contributed by atoms with E-state index in [2.05, 4.69) is 5.32 Å². The highest BCUT2D eigenvalue weighted by Crippen LogP contribution is 2.51. The van der Waals surface area contributed by atoms with Crippen molar-refractivity contribution in [2.75, 3.05) is 25.0 Å². The normalized spacial score (nSPS) is 20.4. The van der Waals surface area contributed by atoms with E-state index in [4.69, 9.17) is 0 Å². The first-order valence-electron chi connectivity index (χ1n) is 10.3. The molecule has 2 saturated heterocycles. The Morgan fingerprint density at radius 3 is 2.32 bits per heavy atom. The number of para-hydroxylation sites is 1. The summed E-state index contributed by atoms with van der Waals surface area (Å²) in [6.45, 7) is 2.49. The van der Waals surface area contributed by atoms with Gasteiger partial charge in [-0.1, -0.05) is 24.3 Å². The Hall–Kier alpha value is -3.29. The van der Waals surface area contributed by atoms with Gasteiger partial charge in [-0.3, -0.25) is 14.5 Å². The predicted octanol–water partition coefficient (Wildman–Crippen LogP) is 3.75.